The van der Waals surface area contributed by atoms with E-state index < -0.39 is 0 Å². The van der Waals surface area contributed by atoms with Crippen molar-refractivity contribution in [1.29, 1.82) is 0 Å². The Morgan fingerprint density at radius 3 is 2.50 bits per heavy atom. The molecule has 2 rings (SSSR count). The highest BCUT2D eigenvalue weighted by molar-refractivity contribution is 5.92. The average Bonchev–Trinajstić information content (AvgIpc) is 2.55. The zero-order valence-electron chi connectivity index (χ0n) is 12.5. The highest BCUT2D eigenvalue weighted by atomic mass is 16.5. The predicted octanol–water partition coefficient (Wildman–Crippen LogP) is 3.50. The lowest BCUT2D eigenvalue weighted by atomic mass is 10.2. The van der Waals surface area contributed by atoms with Crippen LogP contribution in [0.15, 0.2) is 54.7 Å². The molecule has 0 radical (unpaired) electrons. The van der Waals surface area contributed by atoms with E-state index in [-0.39, 0.29) is 6.03 Å². The molecule has 114 valence electrons. The minimum atomic E-state index is -0.362. The van der Waals surface area contributed by atoms with Gasteiger partial charge in [0.1, 0.15) is 11.5 Å². The number of amides is 2. The summed E-state index contributed by atoms with van der Waals surface area (Å²) >= 11 is 0. The van der Waals surface area contributed by atoms with Crippen LogP contribution in [0.25, 0.3) is 6.08 Å². The molecule has 5 nitrogen and oxygen atoms in total. The third-order valence-corrected chi connectivity index (χ3v) is 2.94. The number of anilines is 1. The van der Waals surface area contributed by atoms with Crippen molar-refractivity contribution in [2.75, 3.05) is 19.5 Å². The van der Waals surface area contributed by atoms with Crippen molar-refractivity contribution in [2.24, 2.45) is 0 Å². The minimum Gasteiger partial charge on any atom is -0.497 e. The molecule has 0 spiro atoms. The highest BCUT2D eigenvalue weighted by Gasteiger charge is 2.07. The van der Waals surface area contributed by atoms with Gasteiger partial charge >= 0.3 is 6.03 Å². The predicted molar refractivity (Wildman–Crippen MR) is 87.2 cm³/mol. The van der Waals surface area contributed by atoms with Gasteiger partial charge in [-0.1, -0.05) is 30.3 Å². The molecular formula is C17H18N2O3. The van der Waals surface area contributed by atoms with Gasteiger partial charge in [0.15, 0.2) is 0 Å². The van der Waals surface area contributed by atoms with Crippen molar-refractivity contribution in [2.45, 2.75) is 0 Å². The molecule has 0 aliphatic rings. The van der Waals surface area contributed by atoms with Gasteiger partial charge in [0.2, 0.25) is 0 Å². The number of nitrogens with one attached hydrogen (secondary N) is 2. The highest BCUT2D eigenvalue weighted by Crippen LogP contribution is 2.28. The van der Waals surface area contributed by atoms with Crippen LogP contribution in [0, 0.1) is 0 Å². The lowest BCUT2D eigenvalue weighted by Gasteiger charge is -2.11. The van der Waals surface area contributed by atoms with Gasteiger partial charge in [-0.2, -0.15) is 0 Å². The lowest BCUT2D eigenvalue weighted by molar-refractivity contribution is 0.255. The maximum Gasteiger partial charge on any atom is 0.323 e. The van der Waals surface area contributed by atoms with E-state index in [2.05, 4.69) is 10.6 Å². The molecule has 0 saturated heterocycles. The van der Waals surface area contributed by atoms with Gasteiger partial charge in [0.25, 0.3) is 0 Å². The average molecular weight is 298 g/mol. The van der Waals surface area contributed by atoms with Gasteiger partial charge < -0.3 is 20.1 Å². The standard InChI is InChI=1S/C17H18N2O3/c1-21-14-8-9-16(22-2)15(12-14)19-17(20)18-11-10-13-6-4-3-5-7-13/h3-12H,1-2H3,(H2,18,19,20)/b11-10+. The zero-order valence-corrected chi connectivity index (χ0v) is 12.5. The topological polar surface area (TPSA) is 59.6 Å². The molecule has 0 bridgehead atoms. The van der Waals surface area contributed by atoms with E-state index in [9.17, 15) is 4.79 Å². The number of carbonyl (C=O) groups excluding carboxylic acids is 1. The Kier molecular flexibility index (Phi) is 5.43. The van der Waals surface area contributed by atoms with Crippen LogP contribution in [0.3, 0.4) is 0 Å². The van der Waals surface area contributed by atoms with Crippen LogP contribution in [-0.4, -0.2) is 20.3 Å². The quantitative estimate of drug-likeness (QED) is 0.888. The first-order chi connectivity index (χ1) is 10.7. The zero-order chi connectivity index (χ0) is 15.8. The molecule has 0 saturated carbocycles. The van der Waals surface area contributed by atoms with Crippen LogP contribution in [0.2, 0.25) is 0 Å². The summed E-state index contributed by atoms with van der Waals surface area (Å²) in [5.74, 6) is 1.19. The van der Waals surface area contributed by atoms with Crippen molar-refractivity contribution in [3.63, 3.8) is 0 Å². The van der Waals surface area contributed by atoms with Gasteiger partial charge in [0, 0.05) is 12.3 Å². The van der Waals surface area contributed by atoms with E-state index >= 15 is 0 Å². The third-order valence-electron chi connectivity index (χ3n) is 2.94. The first-order valence-corrected chi connectivity index (χ1v) is 6.74. The minimum absolute atomic E-state index is 0.362. The molecule has 5 heteroatoms. The molecule has 2 N–H and O–H groups in total. The number of carbonyl (C=O) groups is 1. The van der Waals surface area contributed by atoms with Crippen molar-refractivity contribution in [1.82, 2.24) is 5.32 Å². The molecule has 0 heterocycles. The van der Waals surface area contributed by atoms with E-state index in [1.54, 1.807) is 38.6 Å². The van der Waals surface area contributed by atoms with Crippen molar-refractivity contribution < 1.29 is 14.3 Å². The molecule has 0 unspecified atom stereocenters. The summed E-state index contributed by atoms with van der Waals surface area (Å²) < 4.78 is 10.3. The summed E-state index contributed by atoms with van der Waals surface area (Å²) in [6.07, 6.45) is 3.39. The largest absolute Gasteiger partial charge is 0.497 e. The van der Waals surface area contributed by atoms with Crippen LogP contribution < -0.4 is 20.1 Å². The summed E-state index contributed by atoms with van der Waals surface area (Å²) in [5, 5.41) is 5.36. The Bertz CT molecular complexity index is 654. The van der Waals surface area contributed by atoms with Gasteiger partial charge in [-0.05, 0) is 23.8 Å². The Hall–Kier alpha value is -2.95. The van der Waals surface area contributed by atoms with Crippen molar-refractivity contribution >= 4 is 17.8 Å². The lowest BCUT2D eigenvalue weighted by Crippen LogP contribution is -2.24. The molecular weight excluding hydrogens is 280 g/mol. The van der Waals surface area contributed by atoms with Gasteiger partial charge in [-0.25, -0.2) is 4.79 Å². The van der Waals surface area contributed by atoms with Crippen molar-refractivity contribution in [3.8, 4) is 11.5 Å². The number of ether oxygens (including phenoxy) is 2. The first kappa shape index (κ1) is 15.4. The van der Waals surface area contributed by atoms with Gasteiger partial charge in [-0.15, -0.1) is 0 Å². The normalized spacial score (nSPS) is 10.3. The monoisotopic (exact) mass is 298 g/mol. The van der Waals surface area contributed by atoms with E-state index in [0.29, 0.717) is 17.2 Å². The molecule has 2 aromatic rings. The molecule has 2 aromatic carbocycles. The van der Waals surface area contributed by atoms with Crippen LogP contribution in [0.1, 0.15) is 5.56 Å². The van der Waals surface area contributed by atoms with Gasteiger partial charge in [-0.3, -0.25) is 0 Å². The summed E-state index contributed by atoms with van der Waals surface area (Å²) in [4.78, 5) is 11.9. The number of hydrogen-bond acceptors (Lipinski definition) is 3. The summed E-state index contributed by atoms with van der Waals surface area (Å²) in [6, 6.07) is 14.5. The summed E-state index contributed by atoms with van der Waals surface area (Å²) in [5.41, 5.74) is 1.54. The second-order valence-corrected chi connectivity index (χ2v) is 4.41. The van der Waals surface area contributed by atoms with Crippen LogP contribution in [0.5, 0.6) is 11.5 Å². The Morgan fingerprint density at radius 2 is 1.82 bits per heavy atom. The van der Waals surface area contributed by atoms with Crippen molar-refractivity contribution in [3.05, 3.63) is 60.3 Å². The fourth-order valence-electron chi connectivity index (χ4n) is 1.85. The molecule has 0 aromatic heterocycles. The van der Waals surface area contributed by atoms with Crippen LogP contribution in [0.4, 0.5) is 10.5 Å². The second-order valence-electron chi connectivity index (χ2n) is 4.41. The maximum atomic E-state index is 11.9. The fraction of sp³-hybridized carbons (Fsp3) is 0.118. The third kappa shape index (κ3) is 4.28. The number of benzene rings is 2. The number of urea groups is 1. The molecule has 0 atom stereocenters. The second kappa shape index (κ2) is 7.73. The number of hydrogen-bond donors (Lipinski definition) is 2. The Balaban J connectivity index is 1.98. The van der Waals surface area contributed by atoms with Gasteiger partial charge in [0.05, 0.1) is 19.9 Å². The SMILES string of the molecule is COc1ccc(OC)c(NC(=O)N/C=C/c2ccccc2)c1. The number of rotatable bonds is 5. The molecule has 0 aliphatic carbocycles. The van der Waals surface area contributed by atoms with Crippen LogP contribution in [-0.2, 0) is 0 Å². The molecule has 0 fully saturated rings. The van der Waals surface area contributed by atoms with E-state index in [1.807, 2.05) is 36.4 Å². The maximum absolute atomic E-state index is 11.9. The molecule has 0 aliphatic heterocycles. The van der Waals surface area contributed by atoms with Crippen LogP contribution >= 0.6 is 0 Å². The first-order valence-electron chi connectivity index (χ1n) is 6.74. The molecule has 22 heavy (non-hydrogen) atoms. The smallest absolute Gasteiger partial charge is 0.323 e. The Labute approximate surface area is 129 Å². The van der Waals surface area contributed by atoms with E-state index in [0.717, 1.165) is 5.56 Å². The van der Waals surface area contributed by atoms with E-state index in [1.165, 1.54) is 0 Å². The summed E-state index contributed by atoms with van der Waals surface area (Å²) in [7, 11) is 3.11. The Morgan fingerprint density at radius 1 is 1.05 bits per heavy atom. The number of methoxy groups -OCH3 is 2. The van der Waals surface area contributed by atoms with E-state index in [4.69, 9.17) is 9.47 Å². The summed E-state index contributed by atoms with van der Waals surface area (Å²) in [6.45, 7) is 0. The fourth-order valence-corrected chi connectivity index (χ4v) is 1.85. The molecule has 2 amide bonds.